The van der Waals surface area contributed by atoms with Crippen molar-refractivity contribution in [2.45, 2.75) is 6.04 Å². The molecule has 5 nitrogen and oxygen atoms in total. The summed E-state index contributed by atoms with van der Waals surface area (Å²) in [5.74, 6) is -2.74. The summed E-state index contributed by atoms with van der Waals surface area (Å²) in [6.07, 6.45) is 5.39. The summed E-state index contributed by atoms with van der Waals surface area (Å²) in [6.45, 7) is 0. The van der Waals surface area contributed by atoms with Crippen LogP contribution < -0.4 is 10.1 Å². The second-order valence-corrected chi connectivity index (χ2v) is 6.05. The number of nitriles is 1. The van der Waals surface area contributed by atoms with E-state index in [1.165, 1.54) is 24.4 Å². The molecule has 0 bridgehead atoms. The van der Waals surface area contributed by atoms with Crippen molar-refractivity contribution < 1.29 is 22.7 Å². The predicted octanol–water partition coefficient (Wildman–Crippen LogP) is 4.69. The molecule has 1 amide bonds. The van der Waals surface area contributed by atoms with Gasteiger partial charge in [0.2, 0.25) is 5.91 Å². The quantitative estimate of drug-likeness (QED) is 0.600. The van der Waals surface area contributed by atoms with Gasteiger partial charge in [0, 0.05) is 23.9 Å². The molecule has 0 saturated heterocycles. The highest BCUT2D eigenvalue weighted by molar-refractivity contribution is 5.92. The lowest BCUT2D eigenvalue weighted by molar-refractivity contribution is -0.116. The monoisotopic (exact) mass is 409 g/mol. The van der Waals surface area contributed by atoms with E-state index in [1.807, 2.05) is 0 Å². The number of amides is 1. The number of ether oxygens (including phenoxy) is 1. The molecule has 3 aromatic rings. The van der Waals surface area contributed by atoms with Crippen LogP contribution in [0.2, 0.25) is 0 Å². The number of rotatable bonds is 6. The zero-order valence-electron chi connectivity index (χ0n) is 15.4. The van der Waals surface area contributed by atoms with Gasteiger partial charge in [-0.3, -0.25) is 9.78 Å². The summed E-state index contributed by atoms with van der Waals surface area (Å²) < 4.78 is 46.4. The smallest absolute Gasteiger partial charge is 0.245 e. The van der Waals surface area contributed by atoms with E-state index in [0.717, 1.165) is 24.3 Å². The van der Waals surface area contributed by atoms with Crippen LogP contribution in [0, 0.1) is 28.8 Å². The maximum Gasteiger partial charge on any atom is 0.245 e. The van der Waals surface area contributed by atoms with Crippen molar-refractivity contribution in [2.24, 2.45) is 0 Å². The summed E-state index contributed by atoms with van der Waals surface area (Å²) >= 11 is 0. The van der Waals surface area contributed by atoms with Crippen LogP contribution in [0.3, 0.4) is 0 Å². The van der Waals surface area contributed by atoms with Crippen molar-refractivity contribution >= 4 is 12.0 Å². The first-order chi connectivity index (χ1) is 14.5. The molecule has 8 heteroatoms. The molecule has 0 spiro atoms. The Hall–Kier alpha value is -4.12. The number of carbonyl (C=O) groups excluding carboxylic acids is 1. The topological polar surface area (TPSA) is 75.0 Å². The first-order valence-electron chi connectivity index (χ1n) is 8.67. The standard InChI is InChI=1S/C22H14F3N3O2/c23-15-5-6-17(18(24)11-15)20(12-26)28-22(29)8-4-14-3-7-21(19(25)10-14)30-16-2-1-9-27-13-16/h1-11,13,20H,(H,28,29)/b8-4+. The first kappa shape index (κ1) is 20.6. The number of nitrogens with one attached hydrogen (secondary N) is 1. The van der Waals surface area contributed by atoms with E-state index in [0.29, 0.717) is 17.4 Å². The molecule has 2 aromatic carbocycles. The Morgan fingerprint density at radius 1 is 1.13 bits per heavy atom. The Labute approximate surface area is 170 Å². The third-order valence-electron chi connectivity index (χ3n) is 3.93. The largest absolute Gasteiger partial charge is 0.453 e. The molecule has 0 fully saturated rings. The number of carbonyl (C=O) groups is 1. The summed E-state index contributed by atoms with van der Waals surface area (Å²) in [7, 11) is 0. The minimum atomic E-state index is -1.31. The molecule has 1 unspecified atom stereocenters. The van der Waals surface area contributed by atoms with Crippen LogP contribution in [0.1, 0.15) is 17.2 Å². The molecule has 30 heavy (non-hydrogen) atoms. The van der Waals surface area contributed by atoms with Gasteiger partial charge in [-0.15, -0.1) is 0 Å². The summed E-state index contributed by atoms with van der Waals surface area (Å²) in [6, 6.07) is 10.5. The molecule has 0 saturated carbocycles. The van der Waals surface area contributed by atoms with Crippen LogP contribution in [0.15, 0.2) is 67.0 Å². The molecule has 1 atom stereocenters. The molecule has 150 valence electrons. The minimum absolute atomic E-state index is 0.0130. The lowest BCUT2D eigenvalue weighted by Crippen LogP contribution is -2.26. The Kier molecular flexibility index (Phi) is 6.45. The normalized spacial score (nSPS) is 11.7. The molecule has 1 aromatic heterocycles. The highest BCUT2D eigenvalue weighted by Gasteiger charge is 2.17. The average Bonchev–Trinajstić information content (AvgIpc) is 2.73. The summed E-state index contributed by atoms with van der Waals surface area (Å²) in [4.78, 5) is 15.9. The average molecular weight is 409 g/mol. The fourth-order valence-corrected chi connectivity index (χ4v) is 2.52. The third kappa shape index (κ3) is 5.23. The van der Waals surface area contributed by atoms with E-state index in [9.17, 15) is 23.2 Å². The molecule has 0 aliphatic heterocycles. The van der Waals surface area contributed by atoms with Gasteiger partial charge in [0.1, 0.15) is 23.4 Å². The van der Waals surface area contributed by atoms with Gasteiger partial charge in [0.05, 0.1) is 12.3 Å². The molecule has 3 rings (SSSR count). The van der Waals surface area contributed by atoms with Crippen molar-refractivity contribution in [3.05, 3.63) is 95.6 Å². The van der Waals surface area contributed by atoms with E-state index < -0.39 is 29.4 Å². The molecule has 0 radical (unpaired) electrons. The van der Waals surface area contributed by atoms with Crippen LogP contribution in [0.4, 0.5) is 13.2 Å². The van der Waals surface area contributed by atoms with Crippen LogP contribution in [-0.4, -0.2) is 10.9 Å². The van der Waals surface area contributed by atoms with Crippen molar-refractivity contribution in [1.82, 2.24) is 10.3 Å². The second kappa shape index (κ2) is 9.39. The second-order valence-electron chi connectivity index (χ2n) is 6.05. The van der Waals surface area contributed by atoms with Gasteiger partial charge >= 0.3 is 0 Å². The Bertz CT molecular complexity index is 1130. The van der Waals surface area contributed by atoms with Crippen molar-refractivity contribution in [3.8, 4) is 17.6 Å². The molecule has 0 aliphatic rings. The fourth-order valence-electron chi connectivity index (χ4n) is 2.52. The maximum absolute atomic E-state index is 14.2. The first-order valence-corrected chi connectivity index (χ1v) is 8.67. The van der Waals surface area contributed by atoms with E-state index in [2.05, 4.69) is 10.3 Å². The van der Waals surface area contributed by atoms with E-state index in [1.54, 1.807) is 24.4 Å². The highest BCUT2D eigenvalue weighted by Crippen LogP contribution is 2.25. The van der Waals surface area contributed by atoms with Crippen molar-refractivity contribution in [1.29, 1.82) is 5.26 Å². The van der Waals surface area contributed by atoms with E-state index >= 15 is 0 Å². The Morgan fingerprint density at radius 3 is 2.63 bits per heavy atom. The molecular weight excluding hydrogens is 395 g/mol. The number of benzene rings is 2. The maximum atomic E-state index is 14.2. The zero-order valence-corrected chi connectivity index (χ0v) is 15.4. The predicted molar refractivity (Wildman–Crippen MR) is 103 cm³/mol. The van der Waals surface area contributed by atoms with Crippen LogP contribution in [0.5, 0.6) is 11.5 Å². The van der Waals surface area contributed by atoms with Gasteiger partial charge in [0.15, 0.2) is 11.6 Å². The third-order valence-corrected chi connectivity index (χ3v) is 3.93. The van der Waals surface area contributed by atoms with Gasteiger partial charge in [-0.25, -0.2) is 13.2 Å². The number of halogens is 3. The Morgan fingerprint density at radius 2 is 1.97 bits per heavy atom. The minimum Gasteiger partial charge on any atom is -0.453 e. The summed E-state index contributed by atoms with van der Waals surface area (Å²) in [5, 5.41) is 11.5. The zero-order chi connectivity index (χ0) is 21.5. The van der Waals surface area contributed by atoms with Gasteiger partial charge in [-0.1, -0.05) is 12.1 Å². The number of hydrogen-bond donors (Lipinski definition) is 1. The van der Waals surface area contributed by atoms with E-state index in [4.69, 9.17) is 4.74 Å². The number of nitrogens with zero attached hydrogens (tertiary/aromatic N) is 2. The lowest BCUT2D eigenvalue weighted by Gasteiger charge is -2.11. The van der Waals surface area contributed by atoms with Crippen LogP contribution in [0.25, 0.3) is 6.08 Å². The van der Waals surface area contributed by atoms with Gasteiger partial charge < -0.3 is 10.1 Å². The number of aromatic nitrogens is 1. The Balaban J connectivity index is 1.66. The number of pyridine rings is 1. The van der Waals surface area contributed by atoms with Gasteiger partial charge in [-0.2, -0.15) is 5.26 Å². The SMILES string of the molecule is N#CC(NC(=O)/C=C/c1ccc(Oc2cccnc2)c(F)c1)c1ccc(F)cc1F. The van der Waals surface area contributed by atoms with Crippen LogP contribution in [-0.2, 0) is 4.79 Å². The van der Waals surface area contributed by atoms with Crippen LogP contribution >= 0.6 is 0 Å². The highest BCUT2D eigenvalue weighted by atomic mass is 19.1. The lowest BCUT2D eigenvalue weighted by atomic mass is 10.1. The summed E-state index contributed by atoms with van der Waals surface area (Å²) in [5.41, 5.74) is 0.200. The van der Waals surface area contributed by atoms with Crippen molar-refractivity contribution in [3.63, 3.8) is 0 Å². The van der Waals surface area contributed by atoms with Crippen molar-refractivity contribution in [2.75, 3.05) is 0 Å². The fraction of sp³-hybridized carbons (Fsp3) is 0.0455. The molecule has 0 aliphatic carbocycles. The molecule has 1 N–H and O–H groups in total. The number of hydrogen-bond acceptors (Lipinski definition) is 4. The van der Waals surface area contributed by atoms with Gasteiger partial charge in [0.25, 0.3) is 0 Å². The molecule has 1 heterocycles. The van der Waals surface area contributed by atoms with E-state index in [-0.39, 0.29) is 11.3 Å². The molecular formula is C22H14F3N3O2. The van der Waals surface area contributed by atoms with Gasteiger partial charge in [-0.05, 0) is 42.0 Å².